The van der Waals surface area contributed by atoms with Crippen LogP contribution < -0.4 is 0 Å². The van der Waals surface area contributed by atoms with Gasteiger partial charge in [-0.15, -0.1) is 0 Å². The average Bonchev–Trinajstić information content (AvgIpc) is 2.57. The van der Waals surface area contributed by atoms with Crippen LogP contribution in [0.3, 0.4) is 0 Å². The van der Waals surface area contributed by atoms with Crippen LogP contribution in [0.2, 0.25) is 0 Å². The third-order valence-electron chi connectivity index (χ3n) is 2.41. The van der Waals surface area contributed by atoms with Crippen LogP contribution >= 0.6 is 0 Å². The minimum absolute atomic E-state index is 0.871. The first kappa shape index (κ1) is 21.3. The van der Waals surface area contributed by atoms with Crippen molar-refractivity contribution in [3.05, 3.63) is 60.5 Å². The predicted octanol–water partition coefficient (Wildman–Crippen LogP) is 6.06. The zero-order valence-electron chi connectivity index (χ0n) is 14.6. The van der Waals surface area contributed by atoms with Crippen LogP contribution in [0.25, 0.3) is 0 Å². The molecule has 0 aromatic rings. The highest BCUT2D eigenvalue weighted by Gasteiger charge is 2.18. The Balaban J connectivity index is 0. The fourth-order valence-electron chi connectivity index (χ4n) is 1.59. The van der Waals surface area contributed by atoms with Gasteiger partial charge in [0.1, 0.15) is 0 Å². The van der Waals surface area contributed by atoms with E-state index in [9.17, 15) is 0 Å². The summed E-state index contributed by atoms with van der Waals surface area (Å²) in [4.78, 5) is 8.77. The van der Waals surface area contributed by atoms with E-state index in [1.54, 1.807) is 12.4 Å². The number of hydrogen-bond acceptors (Lipinski definition) is 2. The monoisotopic (exact) mass is 286 g/mol. The van der Waals surface area contributed by atoms with Gasteiger partial charge < -0.3 is 0 Å². The lowest BCUT2D eigenvalue weighted by Gasteiger charge is -2.15. The van der Waals surface area contributed by atoms with Gasteiger partial charge in [0.2, 0.25) is 0 Å². The smallest absolute Gasteiger partial charge is 0.0960 e. The largest absolute Gasteiger partial charge is 0.255 e. The Hall–Kier alpha value is -1.96. The van der Waals surface area contributed by atoms with Crippen molar-refractivity contribution in [2.45, 2.75) is 48.5 Å². The van der Waals surface area contributed by atoms with E-state index < -0.39 is 0 Å². The quantitative estimate of drug-likeness (QED) is 0.589. The highest BCUT2D eigenvalue weighted by molar-refractivity contribution is 6.55. The predicted molar refractivity (Wildman–Crippen MR) is 99.2 cm³/mol. The second-order valence-electron chi connectivity index (χ2n) is 3.44. The van der Waals surface area contributed by atoms with E-state index in [-0.39, 0.29) is 0 Å². The maximum atomic E-state index is 4.45. The van der Waals surface area contributed by atoms with Crippen molar-refractivity contribution < 1.29 is 0 Å². The summed E-state index contributed by atoms with van der Waals surface area (Å²) in [5, 5.41) is 0. The van der Waals surface area contributed by atoms with E-state index in [2.05, 4.69) is 22.6 Å². The zero-order chi connectivity index (χ0) is 16.7. The fraction of sp³-hybridized carbons (Fsp3) is 0.368. The van der Waals surface area contributed by atoms with E-state index in [1.807, 2.05) is 72.8 Å². The number of aliphatic imine (C=N–C) groups is 2. The molecule has 0 aromatic carbocycles. The van der Waals surface area contributed by atoms with Crippen LogP contribution in [-0.2, 0) is 0 Å². The summed E-state index contributed by atoms with van der Waals surface area (Å²) in [6.07, 6.45) is 13.4. The van der Waals surface area contributed by atoms with Crippen LogP contribution in [0.1, 0.15) is 48.5 Å². The highest BCUT2D eigenvalue weighted by atomic mass is 14.8. The Morgan fingerprint density at radius 3 is 1.57 bits per heavy atom. The molecular weight excluding hydrogens is 256 g/mol. The van der Waals surface area contributed by atoms with Crippen LogP contribution in [0.5, 0.6) is 0 Å². The van der Waals surface area contributed by atoms with Gasteiger partial charge >= 0.3 is 0 Å². The lowest BCUT2D eigenvalue weighted by atomic mass is 9.92. The average molecular weight is 286 g/mol. The van der Waals surface area contributed by atoms with Crippen LogP contribution in [0, 0.1) is 0 Å². The standard InChI is InChI=1S/C15H18N2.2C2H6/c1-5-11-17-15-13(7-3)10-9-12(6-2)14(15)16-8-4;2*1-2/h5-11H,4H2,1-3H3;2*1-2H3/b11-5-,12-6-,13-7-,16-14?,17-15+;;. The third-order valence-corrected chi connectivity index (χ3v) is 2.41. The summed E-state index contributed by atoms with van der Waals surface area (Å²) in [7, 11) is 0. The number of rotatable bonds is 2. The number of hydrogen-bond donors (Lipinski definition) is 0. The number of allylic oxidation sites excluding steroid dienone is 7. The molecule has 0 unspecified atom stereocenters. The molecule has 1 aliphatic rings. The molecule has 2 heteroatoms. The highest BCUT2D eigenvalue weighted by Crippen LogP contribution is 2.18. The molecule has 116 valence electrons. The van der Waals surface area contributed by atoms with Crippen molar-refractivity contribution in [3.63, 3.8) is 0 Å². The van der Waals surface area contributed by atoms with Gasteiger partial charge in [0, 0.05) is 12.4 Å². The van der Waals surface area contributed by atoms with E-state index in [4.69, 9.17) is 0 Å². The molecule has 0 bridgehead atoms. The molecule has 0 heterocycles. The molecule has 2 nitrogen and oxygen atoms in total. The SMILES string of the molecule is C=CN=C1/C(=C\C)C=CC(=C/C)/C1=N\C=C/C.CC.CC. The van der Waals surface area contributed by atoms with Gasteiger partial charge in [-0.25, -0.2) is 0 Å². The molecule has 0 fully saturated rings. The normalized spacial score (nSPS) is 21.3. The van der Waals surface area contributed by atoms with Crippen LogP contribution in [0.15, 0.2) is 70.5 Å². The molecule has 0 aliphatic heterocycles. The Morgan fingerprint density at radius 2 is 1.24 bits per heavy atom. The Morgan fingerprint density at radius 1 is 0.810 bits per heavy atom. The fourth-order valence-corrected chi connectivity index (χ4v) is 1.59. The second kappa shape index (κ2) is 14.4. The minimum Gasteiger partial charge on any atom is -0.255 e. The molecule has 0 spiro atoms. The second-order valence-corrected chi connectivity index (χ2v) is 3.44. The van der Waals surface area contributed by atoms with Gasteiger partial charge in [-0.3, -0.25) is 9.98 Å². The maximum Gasteiger partial charge on any atom is 0.0960 e. The first-order valence-electron chi connectivity index (χ1n) is 7.68. The van der Waals surface area contributed by atoms with E-state index >= 15 is 0 Å². The molecule has 0 saturated carbocycles. The summed E-state index contributed by atoms with van der Waals surface area (Å²) < 4.78 is 0. The summed E-state index contributed by atoms with van der Waals surface area (Å²) in [6, 6.07) is 0. The van der Waals surface area contributed by atoms with Gasteiger partial charge in [0.25, 0.3) is 0 Å². The van der Waals surface area contributed by atoms with Crippen molar-refractivity contribution in [3.8, 4) is 0 Å². The van der Waals surface area contributed by atoms with Gasteiger partial charge in [0.15, 0.2) is 0 Å². The first-order valence-corrected chi connectivity index (χ1v) is 7.68. The maximum absolute atomic E-state index is 4.45. The van der Waals surface area contributed by atoms with Crippen LogP contribution in [0.4, 0.5) is 0 Å². The summed E-state index contributed by atoms with van der Waals surface area (Å²) in [5.41, 5.74) is 3.91. The van der Waals surface area contributed by atoms with E-state index in [0.717, 1.165) is 22.6 Å². The zero-order valence-corrected chi connectivity index (χ0v) is 14.6. The Labute approximate surface area is 131 Å². The molecule has 0 aromatic heterocycles. The third kappa shape index (κ3) is 6.84. The summed E-state index contributed by atoms with van der Waals surface area (Å²) >= 11 is 0. The van der Waals surface area contributed by atoms with Crippen molar-refractivity contribution in [2.75, 3.05) is 0 Å². The summed E-state index contributed by atoms with van der Waals surface area (Å²) in [6.45, 7) is 17.6. The molecule has 1 aliphatic carbocycles. The molecule has 0 radical (unpaired) electrons. The van der Waals surface area contributed by atoms with Crippen molar-refractivity contribution >= 4 is 11.4 Å². The Kier molecular flexibility index (Phi) is 14.7. The molecule has 0 atom stereocenters. The van der Waals surface area contributed by atoms with Crippen molar-refractivity contribution in [1.29, 1.82) is 0 Å². The van der Waals surface area contributed by atoms with Gasteiger partial charge in [-0.1, -0.05) is 64.7 Å². The molecule has 21 heavy (non-hydrogen) atoms. The lowest BCUT2D eigenvalue weighted by Crippen LogP contribution is -2.20. The van der Waals surface area contributed by atoms with E-state index in [0.29, 0.717) is 0 Å². The summed E-state index contributed by atoms with van der Waals surface area (Å²) in [5.74, 6) is 0. The molecular formula is C19H30N2. The lowest BCUT2D eigenvalue weighted by molar-refractivity contribution is 1.46. The Bertz CT molecular complexity index is 470. The topological polar surface area (TPSA) is 24.7 Å². The molecule has 0 amide bonds. The molecule has 0 N–H and O–H groups in total. The molecule has 0 saturated heterocycles. The van der Waals surface area contributed by atoms with Gasteiger partial charge in [-0.2, -0.15) is 0 Å². The van der Waals surface area contributed by atoms with E-state index in [1.165, 1.54) is 0 Å². The van der Waals surface area contributed by atoms with Crippen molar-refractivity contribution in [1.82, 2.24) is 0 Å². The first-order chi connectivity index (χ1) is 10.3. The molecule has 1 rings (SSSR count). The minimum atomic E-state index is 0.871. The van der Waals surface area contributed by atoms with Gasteiger partial charge in [0.05, 0.1) is 11.4 Å². The van der Waals surface area contributed by atoms with Crippen LogP contribution in [-0.4, -0.2) is 11.4 Å². The van der Waals surface area contributed by atoms with Gasteiger partial charge in [-0.05, 0) is 31.9 Å². The van der Waals surface area contributed by atoms with Crippen molar-refractivity contribution in [2.24, 2.45) is 9.98 Å². The number of nitrogens with zero attached hydrogens (tertiary/aromatic N) is 2.